The molecule has 0 bridgehead atoms. The molecule has 0 aliphatic carbocycles. The van der Waals surface area contributed by atoms with Crippen molar-refractivity contribution in [2.45, 2.75) is 91.5 Å². The summed E-state index contributed by atoms with van der Waals surface area (Å²) in [7, 11) is -1.73. The molecule has 2 aromatic carbocycles. The summed E-state index contributed by atoms with van der Waals surface area (Å²) in [5.74, 6) is 3.03. The highest BCUT2D eigenvalue weighted by Gasteiger charge is 2.41. The number of hydrogen-bond acceptors (Lipinski definition) is 12. The zero-order valence-electron chi connectivity index (χ0n) is 36.1. The highest BCUT2D eigenvalue weighted by molar-refractivity contribution is 7.30. The zero-order valence-corrected chi connectivity index (χ0v) is 40.5. The van der Waals surface area contributed by atoms with Crippen LogP contribution in [0.2, 0.25) is 6.04 Å². The van der Waals surface area contributed by atoms with Gasteiger partial charge in [0.15, 0.2) is 11.5 Å². The third-order valence-corrected chi connectivity index (χ3v) is 21.2. The first-order valence-corrected chi connectivity index (χ1v) is 27.5. The van der Waals surface area contributed by atoms with Gasteiger partial charge in [0.05, 0.1) is 23.5 Å². The Kier molecular flexibility index (Phi) is 10.9. The fourth-order valence-corrected chi connectivity index (χ4v) is 19.3. The molecule has 4 atom stereocenters. The standard InChI is InChI=1S/C50H48N6O2S4Si/c1-6-9-15-27(4)28(5)40-47(33-25-52-44(46-42(33)54-62-56-46)37-22-31-18-12-14-20-35(31)58-37)60-49-48-39(63(50(40)49)26-29(8-3)16-10-7-2)23-38(59-48)32-24-51-43(45-41(32)53-61-55-45)36-21-30-17-11-13-19-34(30)57-36/h11-14,17-25,27-29,63H,6-10,15-16,26H2,1-5H3/t27?,28?,29?,63-/m1/s1. The van der Waals surface area contributed by atoms with Gasteiger partial charge in [-0.25, -0.2) is 9.97 Å². The van der Waals surface area contributed by atoms with E-state index in [4.69, 9.17) is 36.3 Å². The lowest BCUT2D eigenvalue weighted by Gasteiger charge is -2.26. The summed E-state index contributed by atoms with van der Waals surface area (Å²) in [6.07, 6.45) is 12.7. The quantitative estimate of drug-likeness (QED) is 0.0937. The normalized spacial score (nSPS) is 15.2. The number of unbranched alkanes of at least 4 members (excludes halogenated alkanes) is 2. The summed E-state index contributed by atoms with van der Waals surface area (Å²) >= 11 is 6.40. The van der Waals surface area contributed by atoms with Crippen molar-refractivity contribution in [1.82, 2.24) is 27.5 Å². The zero-order chi connectivity index (χ0) is 42.8. The van der Waals surface area contributed by atoms with Gasteiger partial charge in [-0.3, -0.25) is 0 Å². The van der Waals surface area contributed by atoms with Crippen molar-refractivity contribution in [2.24, 2.45) is 11.8 Å². The number of fused-ring (bicyclic) bond motifs is 7. The molecule has 63 heavy (non-hydrogen) atoms. The van der Waals surface area contributed by atoms with Gasteiger partial charge in [-0.15, -0.1) is 22.7 Å². The molecular formula is C50H48N6O2S4Si. The van der Waals surface area contributed by atoms with E-state index < -0.39 is 8.80 Å². The minimum Gasteiger partial charge on any atom is -0.454 e. The van der Waals surface area contributed by atoms with E-state index >= 15 is 0 Å². The van der Waals surface area contributed by atoms with Crippen LogP contribution in [0.25, 0.3) is 97.5 Å². The summed E-state index contributed by atoms with van der Waals surface area (Å²) in [5.41, 5.74) is 10.2. The second-order valence-electron chi connectivity index (χ2n) is 17.4. The Morgan fingerprint density at radius 3 is 1.84 bits per heavy atom. The maximum absolute atomic E-state index is 6.36. The number of aromatic nitrogens is 6. The highest BCUT2D eigenvalue weighted by atomic mass is 32.1. The maximum Gasteiger partial charge on any atom is 0.156 e. The van der Waals surface area contributed by atoms with Gasteiger partial charge in [0.1, 0.15) is 53.4 Å². The Hall–Kier alpha value is -4.92. The molecular weight excluding hydrogens is 873 g/mol. The van der Waals surface area contributed by atoms with Crippen LogP contribution in [-0.4, -0.2) is 36.3 Å². The molecule has 0 spiro atoms. The van der Waals surface area contributed by atoms with Crippen molar-refractivity contribution in [2.75, 3.05) is 0 Å². The first-order chi connectivity index (χ1) is 30.9. The number of hydrogen-bond donors (Lipinski definition) is 0. The minimum atomic E-state index is -1.73. The third-order valence-electron chi connectivity index (χ3n) is 13.5. The average molecular weight is 921 g/mol. The lowest BCUT2D eigenvalue weighted by molar-refractivity contribution is 0.439. The molecule has 1 aliphatic heterocycles. The molecule has 0 fully saturated rings. The monoisotopic (exact) mass is 920 g/mol. The molecule has 0 saturated carbocycles. The van der Waals surface area contributed by atoms with Gasteiger partial charge in [0.2, 0.25) is 0 Å². The molecule has 1 aliphatic rings. The van der Waals surface area contributed by atoms with Crippen LogP contribution in [0.5, 0.6) is 0 Å². The molecule has 8 aromatic heterocycles. The number of nitrogens with zero attached hydrogens (tertiary/aromatic N) is 6. The molecule has 11 rings (SSSR count). The van der Waals surface area contributed by atoms with Crippen molar-refractivity contribution in [3.05, 3.63) is 84.7 Å². The fraction of sp³-hybridized carbons (Fsp3) is 0.320. The summed E-state index contributed by atoms with van der Waals surface area (Å²) in [6, 6.07) is 24.1. The number of rotatable bonds is 15. The van der Waals surface area contributed by atoms with Crippen molar-refractivity contribution in [3.63, 3.8) is 0 Å². The van der Waals surface area contributed by atoms with Crippen molar-refractivity contribution in [1.29, 1.82) is 0 Å². The fourth-order valence-electron chi connectivity index (χ4n) is 9.82. The maximum atomic E-state index is 6.36. The number of benzene rings is 2. The SMILES string of the molecule is CCCCC(CC)C[Si@@H]1c2cc(-c3cnc(-c4cc5ccccc5o4)c4nsnc34)sc2-c2sc(-c3cnc(-c4cc5ccccc5o4)c4nsnc34)c(C(C)C(C)CCCC)c21. The second-order valence-corrected chi connectivity index (χ2v) is 23.3. The largest absolute Gasteiger partial charge is 0.454 e. The number of furan rings is 2. The summed E-state index contributed by atoms with van der Waals surface area (Å²) in [6.45, 7) is 12.0. The van der Waals surface area contributed by atoms with E-state index in [1.807, 2.05) is 65.3 Å². The van der Waals surface area contributed by atoms with E-state index in [1.54, 1.807) is 15.9 Å². The molecule has 3 unspecified atom stereocenters. The van der Waals surface area contributed by atoms with E-state index in [0.29, 0.717) is 17.8 Å². The van der Waals surface area contributed by atoms with Crippen LogP contribution in [-0.2, 0) is 0 Å². The first kappa shape index (κ1) is 40.8. The average Bonchev–Trinajstić information content (AvgIpc) is 4.17. The van der Waals surface area contributed by atoms with Crippen LogP contribution in [0, 0.1) is 11.8 Å². The van der Waals surface area contributed by atoms with E-state index in [0.717, 1.165) is 78.0 Å². The molecule has 0 radical (unpaired) electrons. The lowest BCUT2D eigenvalue weighted by atomic mass is 9.84. The smallest absolute Gasteiger partial charge is 0.156 e. The Bertz CT molecular complexity index is 3220. The first-order valence-electron chi connectivity index (χ1n) is 22.5. The van der Waals surface area contributed by atoms with Gasteiger partial charge in [-0.05, 0) is 70.1 Å². The van der Waals surface area contributed by atoms with Crippen LogP contribution in [0.1, 0.15) is 91.0 Å². The van der Waals surface area contributed by atoms with Gasteiger partial charge in [-0.2, -0.15) is 17.5 Å². The van der Waals surface area contributed by atoms with Crippen LogP contribution in [0.15, 0.2) is 88.0 Å². The molecule has 9 heterocycles. The van der Waals surface area contributed by atoms with Gasteiger partial charge >= 0.3 is 0 Å². The Morgan fingerprint density at radius 1 is 0.635 bits per heavy atom. The molecule has 318 valence electrons. The van der Waals surface area contributed by atoms with Gasteiger partial charge < -0.3 is 8.83 Å². The number of thiophene rings is 2. The molecule has 0 saturated heterocycles. The summed E-state index contributed by atoms with van der Waals surface area (Å²) < 4.78 is 32.3. The number of para-hydroxylation sites is 2. The van der Waals surface area contributed by atoms with Crippen LogP contribution < -0.4 is 10.4 Å². The predicted molar refractivity (Wildman–Crippen MR) is 268 cm³/mol. The number of pyridine rings is 2. The van der Waals surface area contributed by atoms with E-state index in [2.05, 4.69) is 71.1 Å². The Morgan fingerprint density at radius 2 is 1.22 bits per heavy atom. The highest BCUT2D eigenvalue weighted by Crippen LogP contribution is 2.50. The molecule has 8 nitrogen and oxygen atoms in total. The van der Waals surface area contributed by atoms with Crippen molar-refractivity contribution >= 4 is 109 Å². The third kappa shape index (κ3) is 7.02. The van der Waals surface area contributed by atoms with E-state index in [1.165, 1.54) is 94.0 Å². The molecule has 10 aromatic rings. The van der Waals surface area contributed by atoms with Crippen molar-refractivity contribution in [3.8, 4) is 53.5 Å². The molecule has 13 heteroatoms. The topological polar surface area (TPSA) is 104 Å². The Labute approximate surface area is 384 Å². The Balaban J connectivity index is 1.08. The van der Waals surface area contributed by atoms with Crippen LogP contribution >= 0.6 is 46.1 Å². The van der Waals surface area contributed by atoms with E-state index in [-0.39, 0.29) is 0 Å². The summed E-state index contributed by atoms with van der Waals surface area (Å²) in [4.78, 5) is 15.7. The van der Waals surface area contributed by atoms with Gasteiger partial charge in [0, 0.05) is 53.8 Å². The molecule has 0 N–H and O–H groups in total. The van der Waals surface area contributed by atoms with Crippen molar-refractivity contribution < 1.29 is 8.83 Å². The predicted octanol–water partition coefficient (Wildman–Crippen LogP) is 14.2. The lowest BCUT2D eigenvalue weighted by Crippen LogP contribution is -2.41. The summed E-state index contributed by atoms with van der Waals surface area (Å²) in [5, 5.41) is 5.36. The van der Waals surface area contributed by atoms with E-state index in [9.17, 15) is 0 Å². The molecule has 0 amide bonds. The minimum absolute atomic E-state index is 0.373. The van der Waals surface area contributed by atoms with Crippen LogP contribution in [0.4, 0.5) is 0 Å². The van der Waals surface area contributed by atoms with Gasteiger partial charge in [-0.1, -0.05) is 116 Å². The second kappa shape index (κ2) is 16.9. The van der Waals surface area contributed by atoms with Gasteiger partial charge in [0.25, 0.3) is 0 Å². The van der Waals surface area contributed by atoms with Crippen LogP contribution in [0.3, 0.4) is 0 Å².